The Balaban J connectivity index is 2.07. The Kier molecular flexibility index (Phi) is 3.61. The number of hydrogen-bond donors (Lipinski definition) is 1. The molecule has 1 fully saturated rings. The maximum atomic E-state index is 12.0. The Hall–Kier alpha value is -0.460. The number of rotatable bonds is 3. The van der Waals surface area contributed by atoms with Crippen molar-refractivity contribution in [1.82, 2.24) is 9.71 Å². The largest absolute Gasteiger partial charge is 0.251 e. The van der Waals surface area contributed by atoms with E-state index < -0.39 is 10.0 Å². The van der Waals surface area contributed by atoms with E-state index in [0.29, 0.717) is 4.21 Å². The van der Waals surface area contributed by atoms with E-state index in [1.807, 2.05) is 6.92 Å². The molecule has 6 heteroatoms. The van der Waals surface area contributed by atoms with Gasteiger partial charge in [-0.3, -0.25) is 0 Å². The van der Waals surface area contributed by atoms with Crippen LogP contribution in [0.2, 0.25) is 0 Å². The molecule has 0 unspecified atom stereocenters. The molecule has 16 heavy (non-hydrogen) atoms. The molecule has 0 aliphatic heterocycles. The Morgan fingerprint density at radius 3 is 2.62 bits per heavy atom. The second-order valence-corrected chi connectivity index (χ2v) is 7.33. The molecule has 90 valence electrons. The van der Waals surface area contributed by atoms with Gasteiger partial charge in [0.2, 0.25) is 0 Å². The van der Waals surface area contributed by atoms with Crippen LogP contribution in [-0.4, -0.2) is 19.4 Å². The summed E-state index contributed by atoms with van der Waals surface area (Å²) in [6.07, 6.45) is 6.81. The standard InChI is InChI=1S/C10H16N2O2S2/c1-8-11-7-10(15-8)16(13,14)12-9-5-3-2-4-6-9/h7,9,12H,2-6H2,1H3. The van der Waals surface area contributed by atoms with Crippen molar-refractivity contribution in [3.63, 3.8) is 0 Å². The molecule has 0 spiro atoms. The minimum absolute atomic E-state index is 0.112. The monoisotopic (exact) mass is 260 g/mol. The van der Waals surface area contributed by atoms with E-state index in [9.17, 15) is 8.42 Å². The zero-order valence-corrected chi connectivity index (χ0v) is 10.9. The van der Waals surface area contributed by atoms with E-state index >= 15 is 0 Å². The van der Waals surface area contributed by atoms with Crippen LogP contribution in [0, 0.1) is 6.92 Å². The molecule has 0 saturated heterocycles. The Bertz CT molecular complexity index is 447. The lowest BCUT2D eigenvalue weighted by molar-refractivity contribution is 0.412. The highest BCUT2D eigenvalue weighted by Crippen LogP contribution is 2.22. The normalized spacial score (nSPS) is 18.8. The van der Waals surface area contributed by atoms with Crippen LogP contribution >= 0.6 is 11.3 Å². The summed E-state index contributed by atoms with van der Waals surface area (Å²) in [7, 11) is -3.33. The summed E-state index contributed by atoms with van der Waals surface area (Å²) in [5, 5.41) is 0.781. The van der Waals surface area contributed by atoms with E-state index in [1.54, 1.807) is 0 Å². The van der Waals surface area contributed by atoms with E-state index in [1.165, 1.54) is 24.0 Å². The van der Waals surface area contributed by atoms with Gasteiger partial charge in [0, 0.05) is 6.04 Å². The zero-order valence-electron chi connectivity index (χ0n) is 9.27. The number of nitrogens with one attached hydrogen (secondary N) is 1. The van der Waals surface area contributed by atoms with Crippen molar-refractivity contribution in [3.8, 4) is 0 Å². The summed E-state index contributed by atoms with van der Waals surface area (Å²) >= 11 is 1.22. The average molecular weight is 260 g/mol. The Morgan fingerprint density at radius 1 is 1.38 bits per heavy atom. The van der Waals surface area contributed by atoms with Gasteiger partial charge in [0.25, 0.3) is 10.0 Å². The number of nitrogens with zero attached hydrogens (tertiary/aromatic N) is 1. The first kappa shape index (κ1) is 12.0. The predicted molar refractivity (Wildman–Crippen MR) is 64.0 cm³/mol. The topological polar surface area (TPSA) is 59.1 Å². The molecule has 1 aromatic rings. The molecule has 1 N–H and O–H groups in total. The van der Waals surface area contributed by atoms with Crippen molar-refractivity contribution in [2.75, 3.05) is 0 Å². The van der Waals surface area contributed by atoms with Crippen LogP contribution in [0.3, 0.4) is 0 Å². The molecule has 1 heterocycles. The SMILES string of the molecule is Cc1ncc(S(=O)(=O)NC2CCCCC2)s1. The summed E-state index contributed by atoms with van der Waals surface area (Å²) < 4.78 is 27.0. The first-order chi connectivity index (χ1) is 7.58. The summed E-state index contributed by atoms with van der Waals surface area (Å²) in [5.74, 6) is 0. The molecular weight excluding hydrogens is 244 g/mol. The third-order valence-corrected chi connectivity index (χ3v) is 5.69. The van der Waals surface area contributed by atoms with Crippen LogP contribution in [0.1, 0.15) is 37.1 Å². The maximum absolute atomic E-state index is 12.0. The minimum Gasteiger partial charge on any atom is -0.249 e. The highest BCUT2D eigenvalue weighted by Gasteiger charge is 2.23. The first-order valence-corrected chi connectivity index (χ1v) is 7.83. The number of aryl methyl sites for hydroxylation is 1. The number of thiazole rings is 1. The highest BCUT2D eigenvalue weighted by molar-refractivity contribution is 7.91. The molecule has 2 rings (SSSR count). The van der Waals surface area contributed by atoms with Gasteiger partial charge in [-0.25, -0.2) is 18.1 Å². The zero-order chi connectivity index (χ0) is 11.6. The van der Waals surface area contributed by atoms with Gasteiger partial charge in [0.1, 0.15) is 0 Å². The summed E-state index contributed by atoms with van der Waals surface area (Å²) in [6, 6.07) is 0.112. The molecule has 1 aliphatic rings. The lowest BCUT2D eigenvalue weighted by Gasteiger charge is -2.21. The van der Waals surface area contributed by atoms with Gasteiger partial charge in [-0.15, -0.1) is 11.3 Å². The fourth-order valence-electron chi connectivity index (χ4n) is 1.96. The van der Waals surface area contributed by atoms with Gasteiger partial charge < -0.3 is 0 Å². The van der Waals surface area contributed by atoms with Crippen molar-refractivity contribution in [2.24, 2.45) is 0 Å². The fraction of sp³-hybridized carbons (Fsp3) is 0.700. The summed E-state index contributed by atoms with van der Waals surface area (Å²) in [6.45, 7) is 1.81. The lowest BCUT2D eigenvalue weighted by Crippen LogP contribution is -2.35. The van der Waals surface area contributed by atoms with E-state index in [0.717, 1.165) is 30.7 Å². The van der Waals surface area contributed by atoms with Gasteiger partial charge in [0.15, 0.2) is 4.21 Å². The van der Waals surface area contributed by atoms with Gasteiger partial charge in [-0.1, -0.05) is 19.3 Å². The van der Waals surface area contributed by atoms with Crippen LogP contribution in [0.5, 0.6) is 0 Å². The van der Waals surface area contributed by atoms with Crippen LogP contribution in [0.25, 0.3) is 0 Å². The van der Waals surface area contributed by atoms with Crippen LogP contribution in [0.15, 0.2) is 10.4 Å². The lowest BCUT2D eigenvalue weighted by atomic mass is 9.96. The smallest absolute Gasteiger partial charge is 0.249 e. The molecule has 0 radical (unpaired) electrons. The predicted octanol–water partition coefficient (Wildman–Crippen LogP) is 2.06. The molecule has 0 amide bonds. The van der Waals surface area contributed by atoms with Crippen LogP contribution < -0.4 is 4.72 Å². The van der Waals surface area contributed by atoms with Crippen molar-refractivity contribution in [3.05, 3.63) is 11.2 Å². The second-order valence-electron chi connectivity index (χ2n) is 4.15. The van der Waals surface area contributed by atoms with E-state index in [-0.39, 0.29) is 6.04 Å². The quantitative estimate of drug-likeness (QED) is 0.905. The number of sulfonamides is 1. The first-order valence-electron chi connectivity index (χ1n) is 5.53. The van der Waals surface area contributed by atoms with E-state index in [4.69, 9.17) is 0 Å². The summed E-state index contributed by atoms with van der Waals surface area (Å²) in [5.41, 5.74) is 0. The second kappa shape index (κ2) is 4.81. The summed E-state index contributed by atoms with van der Waals surface area (Å²) in [4.78, 5) is 3.98. The van der Waals surface area contributed by atoms with Crippen molar-refractivity contribution < 1.29 is 8.42 Å². The molecule has 1 aliphatic carbocycles. The van der Waals surface area contributed by atoms with Crippen LogP contribution in [-0.2, 0) is 10.0 Å². The molecule has 1 aromatic heterocycles. The molecule has 4 nitrogen and oxygen atoms in total. The van der Waals surface area contributed by atoms with Gasteiger partial charge in [-0.05, 0) is 19.8 Å². The van der Waals surface area contributed by atoms with Crippen LogP contribution in [0.4, 0.5) is 0 Å². The Morgan fingerprint density at radius 2 is 2.06 bits per heavy atom. The molecule has 1 saturated carbocycles. The molecule has 0 aromatic carbocycles. The van der Waals surface area contributed by atoms with Gasteiger partial charge in [0.05, 0.1) is 11.2 Å². The minimum atomic E-state index is -3.33. The van der Waals surface area contributed by atoms with E-state index in [2.05, 4.69) is 9.71 Å². The Labute approximate surface area is 100 Å². The fourth-order valence-corrected chi connectivity index (χ4v) is 4.39. The molecule has 0 bridgehead atoms. The average Bonchev–Trinajstić information content (AvgIpc) is 2.66. The van der Waals surface area contributed by atoms with Crippen molar-refractivity contribution >= 4 is 21.4 Å². The van der Waals surface area contributed by atoms with Crippen molar-refractivity contribution in [1.29, 1.82) is 0 Å². The molecule has 0 atom stereocenters. The van der Waals surface area contributed by atoms with Gasteiger partial charge >= 0.3 is 0 Å². The third-order valence-electron chi connectivity index (χ3n) is 2.79. The van der Waals surface area contributed by atoms with Gasteiger partial charge in [-0.2, -0.15) is 0 Å². The third kappa shape index (κ3) is 2.81. The number of hydrogen-bond acceptors (Lipinski definition) is 4. The maximum Gasteiger partial charge on any atom is 0.251 e. The van der Waals surface area contributed by atoms with Crippen molar-refractivity contribution in [2.45, 2.75) is 49.3 Å². The highest BCUT2D eigenvalue weighted by atomic mass is 32.2. The number of aromatic nitrogens is 1. The molecular formula is C10H16N2O2S2.